The highest BCUT2D eigenvalue weighted by molar-refractivity contribution is 7.84. The number of unbranched alkanes of at least 4 members (excludes halogenated alkanes) is 1. The maximum Gasteiger partial charge on any atom is 0.0975 e. The van der Waals surface area contributed by atoms with Crippen LogP contribution in [0.15, 0.2) is 0 Å². The summed E-state index contributed by atoms with van der Waals surface area (Å²) in [5, 5.41) is 0. The lowest BCUT2D eigenvalue weighted by Gasteiger charge is -2.36. The Morgan fingerprint density at radius 2 is 1.69 bits per heavy atom. The lowest BCUT2D eigenvalue weighted by molar-refractivity contribution is 0.281. The third-order valence-electron chi connectivity index (χ3n) is 3.21. The van der Waals surface area contributed by atoms with Crippen molar-refractivity contribution in [2.24, 2.45) is 5.92 Å². The lowest BCUT2D eigenvalue weighted by Crippen LogP contribution is -2.51. The molecule has 0 saturated carbocycles. The normalized spacial score (nSPS) is 18.5. The lowest BCUT2D eigenvalue weighted by atomic mass is 9.85. The third-order valence-corrected chi connectivity index (χ3v) is 4.97. The van der Waals surface area contributed by atoms with Crippen LogP contribution in [0.25, 0.3) is 0 Å². The van der Waals surface area contributed by atoms with Crippen molar-refractivity contribution < 1.29 is 4.21 Å². The molecule has 0 aromatic heterocycles. The first kappa shape index (κ1) is 16.1. The molecule has 16 heavy (non-hydrogen) atoms. The van der Waals surface area contributed by atoms with Crippen LogP contribution in [-0.4, -0.2) is 14.5 Å². The van der Waals surface area contributed by atoms with Crippen molar-refractivity contribution >= 4 is 11.0 Å². The van der Waals surface area contributed by atoms with E-state index in [0.717, 1.165) is 6.42 Å². The summed E-state index contributed by atoms with van der Waals surface area (Å²) in [5.41, 5.74) is -0.0197. The average Bonchev–Trinajstić information content (AvgIpc) is 2.13. The Kier molecular flexibility index (Phi) is 6.20. The van der Waals surface area contributed by atoms with E-state index in [1.54, 1.807) is 0 Å². The molecule has 0 aliphatic heterocycles. The molecule has 0 bridgehead atoms. The molecule has 0 fully saturated rings. The van der Waals surface area contributed by atoms with E-state index in [2.05, 4.69) is 32.4 Å². The predicted octanol–water partition coefficient (Wildman–Crippen LogP) is 3.64. The van der Waals surface area contributed by atoms with Gasteiger partial charge < -0.3 is 0 Å². The summed E-state index contributed by atoms with van der Waals surface area (Å²) in [6, 6.07) is 0. The first-order valence-corrected chi connectivity index (χ1v) is 7.48. The van der Waals surface area contributed by atoms with Crippen molar-refractivity contribution in [1.29, 1.82) is 0 Å². The standard InChI is InChI=1S/C13H29NOS/c1-8-9-10-13(7,11(2)3)14-16(15)12(4,5)6/h11,14H,8-10H2,1-7H3/t13-,16?/m1/s1. The van der Waals surface area contributed by atoms with Crippen molar-refractivity contribution in [3.05, 3.63) is 0 Å². The van der Waals surface area contributed by atoms with Crippen LogP contribution < -0.4 is 4.72 Å². The van der Waals surface area contributed by atoms with E-state index in [9.17, 15) is 4.21 Å². The molecule has 2 atom stereocenters. The Balaban J connectivity index is 4.62. The number of rotatable bonds is 6. The fourth-order valence-corrected chi connectivity index (χ4v) is 2.43. The van der Waals surface area contributed by atoms with Crippen LogP contribution >= 0.6 is 0 Å². The van der Waals surface area contributed by atoms with Crippen LogP contribution in [0.2, 0.25) is 0 Å². The Bertz CT molecular complexity index is 233. The average molecular weight is 247 g/mol. The molecule has 0 aromatic rings. The van der Waals surface area contributed by atoms with Crippen LogP contribution in [0, 0.1) is 5.92 Å². The topological polar surface area (TPSA) is 29.1 Å². The molecule has 0 aromatic carbocycles. The molecule has 0 spiro atoms. The molecule has 98 valence electrons. The summed E-state index contributed by atoms with van der Waals surface area (Å²) in [6.07, 6.45) is 3.46. The van der Waals surface area contributed by atoms with E-state index in [1.165, 1.54) is 12.8 Å². The Labute approximate surface area is 104 Å². The fourth-order valence-electron chi connectivity index (χ4n) is 1.37. The minimum absolute atomic E-state index is 0.0197. The maximum atomic E-state index is 12.1. The van der Waals surface area contributed by atoms with Crippen molar-refractivity contribution in [3.8, 4) is 0 Å². The van der Waals surface area contributed by atoms with Gasteiger partial charge in [-0.1, -0.05) is 33.6 Å². The number of hydrogen-bond acceptors (Lipinski definition) is 1. The van der Waals surface area contributed by atoms with Gasteiger partial charge in [-0.25, -0.2) is 8.93 Å². The van der Waals surface area contributed by atoms with E-state index < -0.39 is 11.0 Å². The van der Waals surface area contributed by atoms with Crippen LogP contribution in [-0.2, 0) is 11.0 Å². The minimum atomic E-state index is -0.981. The second-order valence-electron chi connectivity index (χ2n) is 6.16. The molecule has 0 amide bonds. The van der Waals surface area contributed by atoms with Crippen molar-refractivity contribution in [2.45, 2.75) is 78.0 Å². The highest BCUT2D eigenvalue weighted by Crippen LogP contribution is 2.25. The monoisotopic (exact) mass is 247 g/mol. The van der Waals surface area contributed by atoms with Gasteiger partial charge in [-0.15, -0.1) is 0 Å². The highest BCUT2D eigenvalue weighted by atomic mass is 32.2. The second-order valence-corrected chi connectivity index (χ2v) is 8.13. The molecule has 0 rings (SSSR count). The van der Waals surface area contributed by atoms with E-state index in [4.69, 9.17) is 0 Å². The first-order chi connectivity index (χ1) is 7.13. The Hall–Kier alpha value is 0.110. The maximum absolute atomic E-state index is 12.1. The zero-order chi connectivity index (χ0) is 13.0. The first-order valence-electron chi connectivity index (χ1n) is 6.33. The van der Waals surface area contributed by atoms with Gasteiger partial charge in [0, 0.05) is 5.54 Å². The molecule has 0 radical (unpaired) electrons. The summed E-state index contributed by atoms with van der Waals surface area (Å²) < 4.78 is 15.3. The molecule has 0 heterocycles. The Morgan fingerprint density at radius 3 is 2.00 bits per heavy atom. The molecule has 1 unspecified atom stereocenters. The molecular formula is C13H29NOS. The van der Waals surface area contributed by atoms with Crippen molar-refractivity contribution in [3.63, 3.8) is 0 Å². The number of nitrogens with one attached hydrogen (secondary N) is 1. The summed E-state index contributed by atoms with van der Waals surface area (Å²) in [6.45, 7) is 14.8. The fraction of sp³-hybridized carbons (Fsp3) is 1.00. The van der Waals surface area contributed by atoms with E-state index >= 15 is 0 Å². The van der Waals surface area contributed by atoms with Gasteiger partial charge in [-0.3, -0.25) is 0 Å². The molecule has 0 aliphatic rings. The largest absolute Gasteiger partial charge is 0.242 e. The van der Waals surface area contributed by atoms with Gasteiger partial charge in [0.25, 0.3) is 0 Å². The molecule has 2 nitrogen and oxygen atoms in total. The number of hydrogen-bond donors (Lipinski definition) is 1. The summed E-state index contributed by atoms with van der Waals surface area (Å²) in [7, 11) is -0.981. The highest BCUT2D eigenvalue weighted by Gasteiger charge is 2.32. The second kappa shape index (κ2) is 6.15. The molecule has 3 heteroatoms. The van der Waals surface area contributed by atoms with Crippen LogP contribution in [0.3, 0.4) is 0 Å². The van der Waals surface area contributed by atoms with Crippen molar-refractivity contribution in [1.82, 2.24) is 4.72 Å². The van der Waals surface area contributed by atoms with Gasteiger partial charge in [-0.2, -0.15) is 0 Å². The smallest absolute Gasteiger partial charge is 0.0975 e. The van der Waals surface area contributed by atoms with Gasteiger partial charge >= 0.3 is 0 Å². The van der Waals surface area contributed by atoms with Gasteiger partial charge in [0.1, 0.15) is 0 Å². The van der Waals surface area contributed by atoms with E-state index in [1.807, 2.05) is 20.8 Å². The van der Waals surface area contributed by atoms with Gasteiger partial charge in [0.05, 0.1) is 15.7 Å². The molecular weight excluding hydrogens is 218 g/mol. The van der Waals surface area contributed by atoms with Gasteiger partial charge in [0.15, 0.2) is 0 Å². The van der Waals surface area contributed by atoms with Crippen molar-refractivity contribution in [2.75, 3.05) is 0 Å². The summed E-state index contributed by atoms with van der Waals surface area (Å²) in [4.78, 5) is 0. The molecule has 0 aliphatic carbocycles. The predicted molar refractivity (Wildman–Crippen MR) is 73.8 cm³/mol. The van der Waals surface area contributed by atoms with E-state index in [-0.39, 0.29) is 10.3 Å². The van der Waals surface area contributed by atoms with Gasteiger partial charge in [0.2, 0.25) is 0 Å². The van der Waals surface area contributed by atoms with Crippen LogP contribution in [0.4, 0.5) is 0 Å². The zero-order valence-electron chi connectivity index (χ0n) is 12.0. The Morgan fingerprint density at radius 1 is 1.19 bits per heavy atom. The zero-order valence-corrected chi connectivity index (χ0v) is 12.8. The minimum Gasteiger partial charge on any atom is -0.242 e. The van der Waals surface area contributed by atoms with Crippen LogP contribution in [0.5, 0.6) is 0 Å². The summed E-state index contributed by atoms with van der Waals surface area (Å²) in [5.74, 6) is 0.491. The molecule has 1 N–H and O–H groups in total. The van der Waals surface area contributed by atoms with Crippen LogP contribution in [0.1, 0.15) is 67.7 Å². The van der Waals surface area contributed by atoms with E-state index in [0.29, 0.717) is 5.92 Å². The summed E-state index contributed by atoms with van der Waals surface area (Å²) >= 11 is 0. The van der Waals surface area contributed by atoms with Gasteiger partial charge in [-0.05, 0) is 40.0 Å². The SMILES string of the molecule is CCCC[C@@](C)(NS(=O)C(C)(C)C)C(C)C. The molecule has 0 saturated heterocycles. The quantitative estimate of drug-likeness (QED) is 0.763. The third kappa shape index (κ3) is 4.96.